The van der Waals surface area contributed by atoms with Crippen LogP contribution < -0.4 is 0 Å². The molecule has 2 aromatic rings. The van der Waals surface area contributed by atoms with Gasteiger partial charge in [-0.05, 0) is 25.3 Å². The summed E-state index contributed by atoms with van der Waals surface area (Å²) in [5, 5.41) is 8.17. The van der Waals surface area contributed by atoms with Crippen LogP contribution in [-0.4, -0.2) is 38.8 Å². The first-order chi connectivity index (χ1) is 9.81. The highest BCUT2D eigenvalue weighted by molar-refractivity contribution is 5.92. The highest BCUT2D eigenvalue weighted by atomic mass is 16.5. The number of nitrogens with zero attached hydrogens (tertiary/aromatic N) is 4. The second-order valence-corrected chi connectivity index (χ2v) is 5.57. The van der Waals surface area contributed by atoms with Crippen LogP contribution >= 0.6 is 0 Å². The van der Waals surface area contributed by atoms with E-state index in [0.717, 1.165) is 31.6 Å². The lowest BCUT2D eigenvalue weighted by atomic mass is 10.2. The van der Waals surface area contributed by atoms with E-state index in [1.54, 1.807) is 12.3 Å². The van der Waals surface area contributed by atoms with Gasteiger partial charge >= 0.3 is 0 Å². The number of hydrogen-bond acceptors (Lipinski definition) is 4. The van der Waals surface area contributed by atoms with E-state index in [1.165, 1.54) is 0 Å². The van der Waals surface area contributed by atoms with Crippen molar-refractivity contribution in [2.24, 2.45) is 0 Å². The summed E-state index contributed by atoms with van der Waals surface area (Å²) in [5.74, 6) is 1.31. The van der Waals surface area contributed by atoms with Crippen LogP contribution in [0.1, 0.15) is 47.5 Å². The Morgan fingerprint density at radius 2 is 2.25 bits per heavy atom. The first-order valence-electron chi connectivity index (χ1n) is 7.06. The summed E-state index contributed by atoms with van der Waals surface area (Å²) in [6, 6.07) is 3.98. The van der Waals surface area contributed by atoms with Gasteiger partial charge in [0, 0.05) is 37.5 Å². The molecule has 2 fully saturated rings. The quantitative estimate of drug-likeness (QED) is 0.855. The zero-order valence-electron chi connectivity index (χ0n) is 11.1. The van der Waals surface area contributed by atoms with Gasteiger partial charge in [0.15, 0.2) is 5.69 Å². The minimum absolute atomic E-state index is 0.0321. The van der Waals surface area contributed by atoms with Crippen molar-refractivity contribution in [1.29, 1.82) is 0 Å². The van der Waals surface area contributed by atoms with Gasteiger partial charge in [-0.1, -0.05) is 5.16 Å². The average molecular weight is 272 g/mol. The molecule has 20 heavy (non-hydrogen) atoms. The first kappa shape index (κ1) is 11.7. The molecule has 0 spiro atoms. The zero-order valence-corrected chi connectivity index (χ0v) is 11.1. The fourth-order valence-electron chi connectivity index (χ4n) is 2.75. The van der Waals surface area contributed by atoms with E-state index >= 15 is 0 Å². The molecule has 1 atom stereocenters. The highest BCUT2D eigenvalue weighted by Gasteiger charge is 2.32. The number of amides is 1. The zero-order chi connectivity index (χ0) is 13.5. The molecule has 3 heterocycles. The van der Waals surface area contributed by atoms with Crippen LogP contribution in [0.4, 0.5) is 0 Å². The SMILES string of the molecule is O=C(c1cc(C2CC2)on1)N1CCC(n2cccn2)C1. The van der Waals surface area contributed by atoms with Gasteiger partial charge in [-0.2, -0.15) is 5.10 Å². The molecule has 0 aromatic carbocycles. The molecule has 0 N–H and O–H groups in total. The molecule has 1 aliphatic heterocycles. The van der Waals surface area contributed by atoms with Gasteiger partial charge in [0.25, 0.3) is 5.91 Å². The Morgan fingerprint density at radius 3 is 3.00 bits per heavy atom. The molecule has 6 nitrogen and oxygen atoms in total. The molecule has 4 rings (SSSR count). The number of carbonyl (C=O) groups excluding carboxylic acids is 1. The smallest absolute Gasteiger partial charge is 0.276 e. The molecule has 1 saturated heterocycles. The van der Waals surface area contributed by atoms with Crippen molar-refractivity contribution in [3.05, 3.63) is 36.0 Å². The van der Waals surface area contributed by atoms with Crippen molar-refractivity contribution in [1.82, 2.24) is 19.8 Å². The molecular formula is C14H16N4O2. The van der Waals surface area contributed by atoms with Crippen LogP contribution in [0, 0.1) is 0 Å². The third-order valence-corrected chi connectivity index (χ3v) is 4.08. The molecule has 1 amide bonds. The van der Waals surface area contributed by atoms with Crippen LogP contribution in [0.25, 0.3) is 0 Å². The highest BCUT2D eigenvalue weighted by Crippen LogP contribution is 2.40. The van der Waals surface area contributed by atoms with Gasteiger partial charge in [-0.3, -0.25) is 9.48 Å². The summed E-state index contributed by atoms with van der Waals surface area (Å²) in [7, 11) is 0. The monoisotopic (exact) mass is 272 g/mol. The van der Waals surface area contributed by atoms with Gasteiger partial charge in [0.1, 0.15) is 5.76 Å². The molecule has 6 heteroatoms. The number of likely N-dealkylation sites (tertiary alicyclic amines) is 1. The van der Waals surface area contributed by atoms with E-state index < -0.39 is 0 Å². The predicted octanol–water partition coefficient (Wildman–Crippen LogP) is 1.84. The van der Waals surface area contributed by atoms with Gasteiger partial charge in [0.05, 0.1) is 6.04 Å². The van der Waals surface area contributed by atoms with Crippen molar-refractivity contribution in [3.63, 3.8) is 0 Å². The van der Waals surface area contributed by atoms with Crippen molar-refractivity contribution in [2.75, 3.05) is 13.1 Å². The van der Waals surface area contributed by atoms with E-state index in [2.05, 4.69) is 10.3 Å². The predicted molar refractivity (Wildman–Crippen MR) is 70.3 cm³/mol. The fourth-order valence-corrected chi connectivity index (χ4v) is 2.75. The second-order valence-electron chi connectivity index (χ2n) is 5.57. The van der Waals surface area contributed by atoms with Crippen LogP contribution in [0.15, 0.2) is 29.0 Å². The summed E-state index contributed by atoms with van der Waals surface area (Å²) in [4.78, 5) is 14.2. The van der Waals surface area contributed by atoms with Crippen LogP contribution in [0.2, 0.25) is 0 Å². The molecule has 1 saturated carbocycles. The minimum Gasteiger partial charge on any atom is -0.360 e. The molecule has 1 aliphatic carbocycles. The molecule has 2 aliphatic rings. The molecule has 104 valence electrons. The maximum atomic E-state index is 12.4. The molecule has 1 unspecified atom stereocenters. The van der Waals surface area contributed by atoms with E-state index in [4.69, 9.17) is 4.52 Å². The largest absolute Gasteiger partial charge is 0.360 e. The van der Waals surface area contributed by atoms with Crippen LogP contribution in [-0.2, 0) is 0 Å². The molecular weight excluding hydrogens is 256 g/mol. The number of hydrogen-bond donors (Lipinski definition) is 0. The maximum Gasteiger partial charge on any atom is 0.276 e. The Hall–Kier alpha value is -2.11. The number of carbonyl (C=O) groups is 1. The molecule has 0 bridgehead atoms. The van der Waals surface area contributed by atoms with E-state index in [0.29, 0.717) is 18.2 Å². The minimum atomic E-state index is -0.0321. The summed E-state index contributed by atoms with van der Waals surface area (Å²) in [6.45, 7) is 1.43. The summed E-state index contributed by atoms with van der Waals surface area (Å²) >= 11 is 0. The standard InChI is InChI=1S/C14H16N4O2/c19-14(12-8-13(20-16-12)10-2-3-10)17-7-4-11(9-17)18-6-1-5-15-18/h1,5-6,8,10-11H,2-4,7,9H2. The molecule has 2 aromatic heterocycles. The Bertz CT molecular complexity index is 615. The maximum absolute atomic E-state index is 12.4. The first-order valence-corrected chi connectivity index (χ1v) is 7.06. The van der Waals surface area contributed by atoms with Gasteiger partial charge in [0.2, 0.25) is 0 Å². The Morgan fingerprint density at radius 1 is 1.35 bits per heavy atom. The van der Waals surface area contributed by atoms with Gasteiger partial charge in [-0.25, -0.2) is 0 Å². The van der Waals surface area contributed by atoms with Crippen LogP contribution in [0.3, 0.4) is 0 Å². The number of aromatic nitrogens is 3. The molecule has 0 radical (unpaired) electrons. The van der Waals surface area contributed by atoms with Gasteiger partial charge < -0.3 is 9.42 Å². The summed E-state index contributed by atoms with van der Waals surface area (Å²) in [6.07, 6.45) is 6.94. The van der Waals surface area contributed by atoms with Crippen molar-refractivity contribution >= 4 is 5.91 Å². The Balaban J connectivity index is 1.46. The van der Waals surface area contributed by atoms with Crippen molar-refractivity contribution in [3.8, 4) is 0 Å². The lowest BCUT2D eigenvalue weighted by Crippen LogP contribution is -2.29. The fraction of sp³-hybridized carbons (Fsp3) is 0.500. The Labute approximate surface area is 116 Å². The van der Waals surface area contributed by atoms with Crippen LogP contribution in [0.5, 0.6) is 0 Å². The Kier molecular flexibility index (Phi) is 2.61. The van der Waals surface area contributed by atoms with E-state index in [1.807, 2.05) is 21.8 Å². The van der Waals surface area contributed by atoms with Crippen molar-refractivity contribution in [2.45, 2.75) is 31.2 Å². The van der Waals surface area contributed by atoms with E-state index in [9.17, 15) is 4.79 Å². The van der Waals surface area contributed by atoms with Gasteiger partial charge in [-0.15, -0.1) is 0 Å². The lowest BCUT2D eigenvalue weighted by molar-refractivity contribution is 0.0776. The topological polar surface area (TPSA) is 64.2 Å². The average Bonchev–Trinajstić information content (AvgIpc) is 2.97. The summed E-state index contributed by atoms with van der Waals surface area (Å²) < 4.78 is 7.18. The third kappa shape index (κ3) is 2.01. The third-order valence-electron chi connectivity index (χ3n) is 4.08. The lowest BCUT2D eigenvalue weighted by Gasteiger charge is -2.14. The second kappa shape index (κ2) is 4.47. The normalized spacial score (nSPS) is 22.4. The number of rotatable bonds is 3. The summed E-state index contributed by atoms with van der Waals surface area (Å²) in [5.41, 5.74) is 0.438. The van der Waals surface area contributed by atoms with E-state index in [-0.39, 0.29) is 11.9 Å². The van der Waals surface area contributed by atoms with Crippen molar-refractivity contribution < 1.29 is 9.32 Å².